The number of hydrogen-bond donors (Lipinski definition) is 0. The lowest BCUT2D eigenvalue weighted by atomic mass is 10.0. The van der Waals surface area contributed by atoms with E-state index in [9.17, 15) is 13.6 Å². The molecule has 2 aromatic rings. The molecule has 0 radical (unpaired) electrons. The van der Waals surface area contributed by atoms with Gasteiger partial charge in [-0.1, -0.05) is 29.8 Å². The van der Waals surface area contributed by atoms with E-state index in [2.05, 4.69) is 0 Å². The topological polar surface area (TPSA) is 26.3 Å². The van der Waals surface area contributed by atoms with E-state index in [4.69, 9.17) is 4.74 Å². The Morgan fingerprint density at radius 2 is 1.81 bits per heavy atom. The molecule has 110 valence electrons. The molecule has 0 atom stereocenters. The molecule has 2 rings (SSSR count). The normalized spacial score (nSPS) is 10.5. The van der Waals surface area contributed by atoms with Gasteiger partial charge in [0, 0.05) is 18.4 Å². The average molecular weight is 290 g/mol. The fraction of sp³-hybridized carbons (Fsp3) is 0.235. The first-order chi connectivity index (χ1) is 10.0. The number of halogens is 2. The van der Waals surface area contributed by atoms with Crippen molar-refractivity contribution in [3.63, 3.8) is 0 Å². The van der Waals surface area contributed by atoms with Crippen LogP contribution in [0.5, 0.6) is 5.75 Å². The van der Waals surface area contributed by atoms with Gasteiger partial charge in [0.2, 0.25) is 0 Å². The highest BCUT2D eigenvalue weighted by Crippen LogP contribution is 2.21. The molecule has 4 heteroatoms. The zero-order valence-corrected chi connectivity index (χ0v) is 12.0. The molecule has 0 saturated heterocycles. The first-order valence-corrected chi connectivity index (χ1v) is 6.59. The number of Topliss-reactive ketones (excluding diaryl/α,β-unsaturated/α-hetero) is 1. The number of ketones is 1. The molecule has 0 aliphatic carbocycles. The van der Waals surface area contributed by atoms with Crippen LogP contribution < -0.4 is 4.74 Å². The van der Waals surface area contributed by atoms with Crippen molar-refractivity contribution in [3.05, 3.63) is 64.7 Å². The van der Waals surface area contributed by atoms with Crippen molar-refractivity contribution in [3.8, 4) is 5.75 Å². The molecular formula is C17H16F2O2. The lowest BCUT2D eigenvalue weighted by Crippen LogP contribution is -2.09. The average Bonchev–Trinajstić information content (AvgIpc) is 2.44. The maximum atomic E-state index is 13.6. The first kappa shape index (κ1) is 15.2. The summed E-state index contributed by atoms with van der Waals surface area (Å²) in [5.74, 6) is -1.47. The summed E-state index contributed by atoms with van der Waals surface area (Å²) >= 11 is 0. The maximum absolute atomic E-state index is 13.6. The van der Waals surface area contributed by atoms with E-state index in [-0.39, 0.29) is 24.2 Å². The third kappa shape index (κ3) is 3.66. The highest BCUT2D eigenvalue weighted by molar-refractivity contribution is 5.83. The second-order valence-corrected chi connectivity index (χ2v) is 4.92. The van der Waals surface area contributed by atoms with Crippen molar-refractivity contribution in [1.29, 1.82) is 0 Å². The molecule has 0 aliphatic rings. The Bertz CT molecular complexity index is 666. The minimum absolute atomic E-state index is 0.0756. The van der Waals surface area contributed by atoms with E-state index in [0.717, 1.165) is 17.2 Å². The van der Waals surface area contributed by atoms with Crippen molar-refractivity contribution < 1.29 is 18.3 Å². The Morgan fingerprint density at radius 3 is 2.52 bits per heavy atom. The van der Waals surface area contributed by atoms with Gasteiger partial charge in [-0.3, -0.25) is 4.79 Å². The molecule has 0 N–H and O–H groups in total. The molecule has 0 unspecified atom stereocenters. The van der Waals surface area contributed by atoms with Crippen molar-refractivity contribution in [2.75, 3.05) is 7.11 Å². The standard InChI is InChI=1S/C17H16F2O2/c1-11-6-7-16(21-2)13(8-11)10-14(20)9-12-4-3-5-15(18)17(12)19/h3-8H,9-10H2,1-2H3. The Hall–Kier alpha value is -2.23. The van der Waals surface area contributed by atoms with E-state index in [0.29, 0.717) is 5.75 Å². The number of methoxy groups -OCH3 is 1. The number of carbonyl (C=O) groups excluding carboxylic acids is 1. The van der Waals surface area contributed by atoms with Gasteiger partial charge in [0.1, 0.15) is 11.5 Å². The van der Waals surface area contributed by atoms with E-state index >= 15 is 0 Å². The van der Waals surface area contributed by atoms with E-state index < -0.39 is 11.6 Å². The molecule has 0 aliphatic heterocycles. The zero-order chi connectivity index (χ0) is 15.4. The van der Waals surface area contributed by atoms with Crippen LogP contribution in [-0.2, 0) is 17.6 Å². The lowest BCUT2D eigenvalue weighted by Gasteiger charge is -2.09. The van der Waals surface area contributed by atoms with Crippen LogP contribution in [0, 0.1) is 18.6 Å². The van der Waals surface area contributed by atoms with Gasteiger partial charge in [0.25, 0.3) is 0 Å². The summed E-state index contributed by atoms with van der Waals surface area (Å²) in [6.07, 6.45) is -0.0124. The number of benzene rings is 2. The molecule has 0 aromatic heterocycles. The predicted octanol–water partition coefficient (Wildman–Crippen LogP) is 3.64. The van der Waals surface area contributed by atoms with E-state index in [1.54, 1.807) is 6.07 Å². The van der Waals surface area contributed by atoms with Crippen LogP contribution in [0.25, 0.3) is 0 Å². The smallest absolute Gasteiger partial charge is 0.162 e. The monoisotopic (exact) mass is 290 g/mol. The number of hydrogen-bond acceptors (Lipinski definition) is 2. The summed E-state index contributed by atoms with van der Waals surface area (Å²) in [6.45, 7) is 1.92. The molecule has 0 spiro atoms. The van der Waals surface area contributed by atoms with Crippen LogP contribution in [0.15, 0.2) is 36.4 Å². The van der Waals surface area contributed by atoms with Gasteiger partial charge in [0.05, 0.1) is 7.11 Å². The summed E-state index contributed by atoms with van der Waals surface area (Å²) in [6, 6.07) is 9.39. The van der Waals surface area contributed by atoms with Gasteiger partial charge < -0.3 is 4.74 Å². The van der Waals surface area contributed by atoms with Crippen LogP contribution in [0.2, 0.25) is 0 Å². The molecule has 0 saturated carbocycles. The Labute approximate surface area is 122 Å². The van der Waals surface area contributed by atoms with E-state index in [1.165, 1.54) is 19.2 Å². The predicted molar refractivity (Wildman–Crippen MR) is 76.5 cm³/mol. The molecule has 0 bridgehead atoms. The van der Waals surface area contributed by atoms with Crippen molar-refractivity contribution in [1.82, 2.24) is 0 Å². The van der Waals surface area contributed by atoms with Crippen LogP contribution in [0.3, 0.4) is 0 Å². The zero-order valence-electron chi connectivity index (χ0n) is 12.0. The van der Waals surface area contributed by atoms with Crippen molar-refractivity contribution in [2.24, 2.45) is 0 Å². The Morgan fingerprint density at radius 1 is 1.10 bits per heavy atom. The van der Waals surface area contributed by atoms with Gasteiger partial charge >= 0.3 is 0 Å². The summed E-state index contributed by atoms with van der Waals surface area (Å²) in [5, 5.41) is 0. The van der Waals surface area contributed by atoms with Gasteiger partial charge in [-0.2, -0.15) is 0 Å². The number of carbonyl (C=O) groups is 1. The Kier molecular flexibility index (Phi) is 4.68. The van der Waals surface area contributed by atoms with Crippen molar-refractivity contribution in [2.45, 2.75) is 19.8 Å². The lowest BCUT2D eigenvalue weighted by molar-refractivity contribution is -0.117. The van der Waals surface area contributed by atoms with Crippen LogP contribution in [0.4, 0.5) is 8.78 Å². The number of rotatable bonds is 5. The summed E-state index contributed by atoms with van der Waals surface area (Å²) < 4.78 is 31.9. The summed E-state index contributed by atoms with van der Waals surface area (Å²) in [7, 11) is 1.53. The minimum Gasteiger partial charge on any atom is -0.496 e. The first-order valence-electron chi connectivity index (χ1n) is 6.59. The van der Waals surface area contributed by atoms with Gasteiger partial charge in [0.15, 0.2) is 11.6 Å². The largest absolute Gasteiger partial charge is 0.496 e. The molecule has 0 heterocycles. The van der Waals surface area contributed by atoms with Gasteiger partial charge in [-0.25, -0.2) is 8.78 Å². The quantitative estimate of drug-likeness (QED) is 0.840. The van der Waals surface area contributed by atoms with E-state index in [1.807, 2.05) is 19.1 Å². The molecular weight excluding hydrogens is 274 g/mol. The number of aryl methyl sites for hydroxylation is 1. The maximum Gasteiger partial charge on any atom is 0.162 e. The van der Waals surface area contributed by atoms with Gasteiger partial charge in [-0.05, 0) is 24.6 Å². The molecule has 2 nitrogen and oxygen atoms in total. The molecule has 0 amide bonds. The fourth-order valence-electron chi connectivity index (χ4n) is 2.22. The summed E-state index contributed by atoms with van der Waals surface area (Å²) in [4.78, 5) is 12.1. The van der Waals surface area contributed by atoms with Crippen LogP contribution in [-0.4, -0.2) is 12.9 Å². The molecule has 21 heavy (non-hydrogen) atoms. The third-order valence-electron chi connectivity index (χ3n) is 3.24. The highest BCUT2D eigenvalue weighted by Gasteiger charge is 2.14. The third-order valence-corrected chi connectivity index (χ3v) is 3.24. The fourth-order valence-corrected chi connectivity index (χ4v) is 2.22. The highest BCUT2D eigenvalue weighted by atomic mass is 19.2. The minimum atomic E-state index is -0.956. The van der Waals surface area contributed by atoms with Crippen LogP contribution in [0.1, 0.15) is 16.7 Å². The molecule has 2 aromatic carbocycles. The SMILES string of the molecule is COc1ccc(C)cc1CC(=O)Cc1cccc(F)c1F. The summed E-state index contributed by atoms with van der Waals surface area (Å²) in [5.41, 5.74) is 1.83. The second-order valence-electron chi connectivity index (χ2n) is 4.92. The Balaban J connectivity index is 2.15. The second kappa shape index (κ2) is 6.48. The number of ether oxygens (including phenoxy) is 1. The molecule has 0 fully saturated rings. The van der Waals surface area contributed by atoms with Gasteiger partial charge in [-0.15, -0.1) is 0 Å². The van der Waals surface area contributed by atoms with Crippen LogP contribution >= 0.6 is 0 Å². The van der Waals surface area contributed by atoms with Crippen molar-refractivity contribution >= 4 is 5.78 Å².